The number of nitrogens with zero attached hydrogens (tertiary/aromatic N) is 1. The monoisotopic (exact) mass is 469 g/mol. The summed E-state index contributed by atoms with van der Waals surface area (Å²) in [5.74, 6) is -0.463. The molecule has 0 N–H and O–H groups in total. The van der Waals surface area contributed by atoms with Crippen LogP contribution in [0.2, 0.25) is 0 Å². The van der Waals surface area contributed by atoms with Gasteiger partial charge in [-0.1, -0.05) is 48.5 Å². The van der Waals surface area contributed by atoms with Gasteiger partial charge in [0, 0.05) is 24.7 Å². The van der Waals surface area contributed by atoms with Crippen molar-refractivity contribution < 1.29 is 27.4 Å². The molecular weight excluding hydrogens is 443 g/mol. The number of esters is 1. The van der Waals surface area contributed by atoms with Crippen LogP contribution in [0.1, 0.15) is 52.0 Å². The average Bonchev–Trinajstić information content (AvgIpc) is 3.22. The Hall–Kier alpha value is -3.32. The van der Waals surface area contributed by atoms with Gasteiger partial charge in [0.25, 0.3) is 0 Å². The predicted octanol–water partition coefficient (Wildman–Crippen LogP) is 6.54. The van der Waals surface area contributed by atoms with Gasteiger partial charge >= 0.3 is 12.1 Å². The van der Waals surface area contributed by atoms with Gasteiger partial charge in [0.2, 0.25) is 0 Å². The molecule has 0 radical (unpaired) electrons. The Morgan fingerprint density at radius 3 is 2.15 bits per heavy atom. The maximum atomic E-state index is 14.3. The van der Waals surface area contributed by atoms with Crippen molar-refractivity contribution in [1.29, 1.82) is 0 Å². The number of benzene rings is 3. The SMILES string of the molecule is Cc1c(C(=O)Oc2ccccc2)c(OCc2ccccc2)c2c(c1C(F)(F)F)CN(C(C)C)C2. The number of alkyl halides is 3. The van der Waals surface area contributed by atoms with Gasteiger partial charge in [-0.2, -0.15) is 13.2 Å². The highest BCUT2D eigenvalue weighted by atomic mass is 19.4. The first-order valence-electron chi connectivity index (χ1n) is 11.1. The molecule has 0 saturated heterocycles. The maximum absolute atomic E-state index is 14.3. The number of carbonyl (C=O) groups excluding carboxylic acids is 1. The zero-order valence-electron chi connectivity index (χ0n) is 19.3. The molecule has 0 spiro atoms. The first-order chi connectivity index (χ1) is 16.2. The van der Waals surface area contributed by atoms with Crippen LogP contribution in [0.3, 0.4) is 0 Å². The van der Waals surface area contributed by atoms with Crippen molar-refractivity contribution in [2.24, 2.45) is 0 Å². The molecule has 0 atom stereocenters. The first kappa shape index (κ1) is 23.8. The Morgan fingerprint density at radius 2 is 1.56 bits per heavy atom. The quantitative estimate of drug-likeness (QED) is 0.304. The Bertz CT molecular complexity index is 1180. The molecule has 7 heteroatoms. The summed E-state index contributed by atoms with van der Waals surface area (Å²) in [5.41, 5.74) is 0.255. The fourth-order valence-corrected chi connectivity index (χ4v) is 4.29. The highest BCUT2D eigenvalue weighted by Gasteiger charge is 2.43. The van der Waals surface area contributed by atoms with Crippen LogP contribution in [-0.4, -0.2) is 16.9 Å². The number of hydrogen-bond donors (Lipinski definition) is 0. The van der Waals surface area contributed by atoms with E-state index in [0.717, 1.165) is 5.56 Å². The lowest BCUT2D eigenvalue weighted by molar-refractivity contribution is -0.138. The van der Waals surface area contributed by atoms with E-state index >= 15 is 0 Å². The molecule has 0 unspecified atom stereocenters. The van der Waals surface area contributed by atoms with Crippen molar-refractivity contribution >= 4 is 5.97 Å². The summed E-state index contributed by atoms with van der Waals surface area (Å²) in [7, 11) is 0. The molecule has 0 saturated carbocycles. The van der Waals surface area contributed by atoms with Crippen molar-refractivity contribution in [2.45, 2.75) is 52.7 Å². The maximum Gasteiger partial charge on any atom is 0.417 e. The lowest BCUT2D eigenvalue weighted by Crippen LogP contribution is -2.25. The molecule has 0 aliphatic carbocycles. The minimum absolute atomic E-state index is 0.0236. The standard InChI is InChI=1S/C27H26F3NO3/c1-17(2)31-14-21-22(15-31)25(33-16-19-10-6-4-7-11-19)23(18(3)24(21)27(28,29)30)26(32)34-20-12-8-5-9-13-20/h4-13,17H,14-16H2,1-3H3. The van der Waals surface area contributed by atoms with Crippen LogP contribution in [0.4, 0.5) is 13.2 Å². The van der Waals surface area contributed by atoms with Gasteiger partial charge < -0.3 is 9.47 Å². The molecule has 0 aromatic heterocycles. The zero-order chi connectivity index (χ0) is 24.5. The summed E-state index contributed by atoms with van der Waals surface area (Å²) in [6, 6.07) is 17.6. The van der Waals surface area contributed by atoms with Gasteiger partial charge in [-0.25, -0.2) is 4.79 Å². The normalized spacial score (nSPS) is 13.7. The van der Waals surface area contributed by atoms with E-state index in [1.807, 2.05) is 49.1 Å². The molecule has 3 aromatic carbocycles. The first-order valence-corrected chi connectivity index (χ1v) is 11.1. The van der Waals surface area contributed by atoms with Gasteiger partial charge in [0.15, 0.2) is 0 Å². The molecule has 0 fully saturated rings. The fourth-order valence-electron chi connectivity index (χ4n) is 4.29. The van der Waals surface area contributed by atoms with Crippen LogP contribution < -0.4 is 9.47 Å². The highest BCUT2D eigenvalue weighted by Crippen LogP contribution is 2.46. The Kier molecular flexibility index (Phi) is 6.66. The van der Waals surface area contributed by atoms with Crippen LogP contribution in [0, 0.1) is 6.92 Å². The summed E-state index contributed by atoms with van der Waals surface area (Å²) in [5, 5.41) is 0. The predicted molar refractivity (Wildman–Crippen MR) is 123 cm³/mol. The van der Waals surface area contributed by atoms with E-state index < -0.39 is 17.7 Å². The Morgan fingerprint density at radius 1 is 0.971 bits per heavy atom. The highest BCUT2D eigenvalue weighted by molar-refractivity contribution is 5.97. The van der Waals surface area contributed by atoms with Crippen molar-refractivity contribution in [3.05, 3.63) is 94.0 Å². The largest absolute Gasteiger partial charge is 0.488 e. The third-order valence-electron chi connectivity index (χ3n) is 6.04. The van der Waals surface area contributed by atoms with Crippen LogP contribution in [0.25, 0.3) is 0 Å². The molecule has 1 aliphatic rings. The molecule has 4 nitrogen and oxygen atoms in total. The summed E-state index contributed by atoms with van der Waals surface area (Å²) in [6.07, 6.45) is -4.62. The second kappa shape index (κ2) is 9.50. The Labute approximate surface area is 196 Å². The molecule has 0 bridgehead atoms. The van der Waals surface area contributed by atoms with Gasteiger partial charge in [-0.3, -0.25) is 4.90 Å². The molecule has 34 heavy (non-hydrogen) atoms. The topological polar surface area (TPSA) is 38.8 Å². The van der Waals surface area contributed by atoms with E-state index in [-0.39, 0.29) is 53.9 Å². The lowest BCUT2D eigenvalue weighted by atomic mass is 9.91. The molecule has 4 rings (SSSR count). The van der Waals surface area contributed by atoms with Crippen molar-refractivity contribution in [2.75, 3.05) is 0 Å². The fraction of sp³-hybridized carbons (Fsp3) is 0.296. The minimum Gasteiger partial charge on any atom is -0.488 e. The van der Waals surface area contributed by atoms with E-state index in [1.165, 1.54) is 6.92 Å². The lowest BCUT2D eigenvalue weighted by Gasteiger charge is -2.22. The van der Waals surface area contributed by atoms with Crippen LogP contribution in [0.15, 0.2) is 60.7 Å². The second-order valence-corrected chi connectivity index (χ2v) is 8.63. The third kappa shape index (κ3) is 4.80. The van der Waals surface area contributed by atoms with Crippen LogP contribution in [-0.2, 0) is 25.9 Å². The molecule has 1 aliphatic heterocycles. The third-order valence-corrected chi connectivity index (χ3v) is 6.04. The Balaban J connectivity index is 1.86. The van der Waals surface area contributed by atoms with Gasteiger partial charge in [0.1, 0.15) is 23.7 Å². The number of fused-ring (bicyclic) bond motifs is 1. The van der Waals surface area contributed by atoms with Crippen molar-refractivity contribution in [1.82, 2.24) is 4.90 Å². The number of para-hydroxylation sites is 1. The molecule has 1 heterocycles. The molecular formula is C27H26F3NO3. The minimum atomic E-state index is -4.62. The number of ether oxygens (including phenoxy) is 2. The van der Waals surface area contributed by atoms with Crippen LogP contribution >= 0.6 is 0 Å². The van der Waals surface area contributed by atoms with Gasteiger partial charge in [-0.05, 0) is 49.6 Å². The summed E-state index contributed by atoms with van der Waals surface area (Å²) in [4.78, 5) is 15.2. The van der Waals surface area contributed by atoms with E-state index in [4.69, 9.17) is 9.47 Å². The van der Waals surface area contributed by atoms with Crippen molar-refractivity contribution in [3.8, 4) is 11.5 Å². The number of hydrogen-bond acceptors (Lipinski definition) is 4. The summed E-state index contributed by atoms with van der Waals surface area (Å²) in [6.45, 7) is 5.69. The van der Waals surface area contributed by atoms with E-state index in [1.54, 1.807) is 30.3 Å². The molecule has 178 valence electrons. The van der Waals surface area contributed by atoms with E-state index in [2.05, 4.69) is 0 Å². The van der Waals surface area contributed by atoms with E-state index in [9.17, 15) is 18.0 Å². The van der Waals surface area contributed by atoms with Gasteiger partial charge in [0.05, 0.1) is 5.56 Å². The van der Waals surface area contributed by atoms with Crippen molar-refractivity contribution in [3.63, 3.8) is 0 Å². The second-order valence-electron chi connectivity index (χ2n) is 8.63. The number of carbonyl (C=O) groups is 1. The van der Waals surface area contributed by atoms with Crippen LogP contribution in [0.5, 0.6) is 11.5 Å². The summed E-state index contributed by atoms with van der Waals surface area (Å²) >= 11 is 0. The summed E-state index contributed by atoms with van der Waals surface area (Å²) < 4.78 is 54.4. The molecule has 3 aromatic rings. The smallest absolute Gasteiger partial charge is 0.417 e. The van der Waals surface area contributed by atoms with Gasteiger partial charge in [-0.15, -0.1) is 0 Å². The molecule has 0 amide bonds. The van der Waals surface area contributed by atoms with E-state index in [0.29, 0.717) is 5.56 Å². The number of rotatable bonds is 6. The number of halogens is 3. The zero-order valence-corrected chi connectivity index (χ0v) is 19.3. The average molecular weight is 470 g/mol.